The van der Waals surface area contributed by atoms with E-state index >= 15 is 0 Å². The number of nitrogens with one attached hydrogen (secondary N) is 1. The Balaban J connectivity index is 1.88. The smallest absolute Gasteiger partial charge is 0.325 e. The molecule has 1 aliphatic heterocycles. The SMILES string of the molecule is O=C(O)Cn1cc(S(=O)(=O)NCCC2CCCO2)cn1. The maximum absolute atomic E-state index is 12.0. The molecular weight excluding hydrogens is 286 g/mol. The molecule has 1 fully saturated rings. The average molecular weight is 303 g/mol. The molecule has 2 N–H and O–H groups in total. The lowest BCUT2D eigenvalue weighted by atomic mass is 10.2. The summed E-state index contributed by atoms with van der Waals surface area (Å²) in [5.74, 6) is -1.08. The van der Waals surface area contributed by atoms with Crippen molar-refractivity contribution in [3.63, 3.8) is 0 Å². The molecule has 1 atom stereocenters. The molecule has 112 valence electrons. The van der Waals surface area contributed by atoms with Gasteiger partial charge in [-0.05, 0) is 19.3 Å². The number of sulfonamides is 1. The molecule has 1 saturated heterocycles. The van der Waals surface area contributed by atoms with E-state index in [0.29, 0.717) is 6.42 Å². The van der Waals surface area contributed by atoms with E-state index in [1.54, 1.807) is 0 Å². The van der Waals surface area contributed by atoms with Gasteiger partial charge in [0.15, 0.2) is 0 Å². The molecule has 0 radical (unpaired) electrons. The molecule has 2 heterocycles. The van der Waals surface area contributed by atoms with Crippen LogP contribution < -0.4 is 4.72 Å². The van der Waals surface area contributed by atoms with E-state index in [4.69, 9.17) is 9.84 Å². The van der Waals surface area contributed by atoms with Crippen molar-refractivity contribution in [1.82, 2.24) is 14.5 Å². The molecule has 9 heteroatoms. The molecule has 20 heavy (non-hydrogen) atoms. The van der Waals surface area contributed by atoms with Gasteiger partial charge in [-0.1, -0.05) is 0 Å². The lowest BCUT2D eigenvalue weighted by Gasteiger charge is -2.09. The van der Waals surface area contributed by atoms with Crippen LogP contribution in [0.2, 0.25) is 0 Å². The summed E-state index contributed by atoms with van der Waals surface area (Å²) >= 11 is 0. The molecule has 1 aliphatic rings. The van der Waals surface area contributed by atoms with Gasteiger partial charge in [-0.3, -0.25) is 9.48 Å². The fourth-order valence-corrected chi connectivity index (χ4v) is 3.02. The third-order valence-corrected chi connectivity index (χ3v) is 4.42. The van der Waals surface area contributed by atoms with Crippen LogP contribution in [0.4, 0.5) is 0 Å². The summed E-state index contributed by atoms with van der Waals surface area (Å²) in [4.78, 5) is 10.5. The topological polar surface area (TPSA) is 111 Å². The van der Waals surface area contributed by atoms with Gasteiger partial charge in [-0.2, -0.15) is 5.10 Å². The number of rotatable bonds is 7. The third-order valence-electron chi connectivity index (χ3n) is 3.00. The predicted molar refractivity (Wildman–Crippen MR) is 68.6 cm³/mol. The van der Waals surface area contributed by atoms with Crippen LogP contribution in [-0.2, 0) is 26.1 Å². The van der Waals surface area contributed by atoms with E-state index in [2.05, 4.69) is 9.82 Å². The van der Waals surface area contributed by atoms with Gasteiger partial charge in [0.1, 0.15) is 11.4 Å². The van der Waals surface area contributed by atoms with Crippen LogP contribution in [0.15, 0.2) is 17.3 Å². The zero-order valence-electron chi connectivity index (χ0n) is 10.9. The van der Waals surface area contributed by atoms with Crippen LogP contribution in [0.1, 0.15) is 19.3 Å². The number of carboxylic acid groups (broad SMARTS) is 1. The Kier molecular flexibility index (Phi) is 4.73. The summed E-state index contributed by atoms with van der Waals surface area (Å²) in [5, 5.41) is 12.3. The van der Waals surface area contributed by atoms with E-state index in [9.17, 15) is 13.2 Å². The highest BCUT2D eigenvalue weighted by Crippen LogP contribution is 2.15. The number of ether oxygens (including phenoxy) is 1. The first-order valence-electron chi connectivity index (χ1n) is 6.33. The Morgan fingerprint density at radius 3 is 3.05 bits per heavy atom. The maximum Gasteiger partial charge on any atom is 0.325 e. The monoisotopic (exact) mass is 303 g/mol. The van der Waals surface area contributed by atoms with Crippen LogP contribution in [0.3, 0.4) is 0 Å². The summed E-state index contributed by atoms with van der Waals surface area (Å²) in [7, 11) is -3.65. The Bertz CT molecular complexity index is 562. The van der Waals surface area contributed by atoms with E-state index in [-0.39, 0.29) is 24.1 Å². The normalized spacial score (nSPS) is 19.3. The summed E-state index contributed by atoms with van der Waals surface area (Å²) < 4.78 is 32.8. The standard InChI is InChI=1S/C11H17N3O5S/c15-11(16)8-14-7-10(6-12-14)20(17,18)13-4-3-9-2-1-5-19-9/h6-7,9,13H,1-5,8H2,(H,15,16). The lowest BCUT2D eigenvalue weighted by molar-refractivity contribution is -0.137. The summed E-state index contributed by atoms with van der Waals surface area (Å²) in [5.41, 5.74) is 0. The molecule has 2 rings (SSSR count). The second-order valence-electron chi connectivity index (χ2n) is 4.59. The highest BCUT2D eigenvalue weighted by molar-refractivity contribution is 7.89. The van der Waals surface area contributed by atoms with Crippen molar-refractivity contribution in [2.45, 2.75) is 36.8 Å². The van der Waals surface area contributed by atoms with Gasteiger partial charge in [-0.15, -0.1) is 0 Å². The van der Waals surface area contributed by atoms with E-state index < -0.39 is 16.0 Å². The van der Waals surface area contributed by atoms with Gasteiger partial charge in [0.2, 0.25) is 10.0 Å². The Hall–Kier alpha value is -1.45. The number of hydrogen-bond acceptors (Lipinski definition) is 5. The summed E-state index contributed by atoms with van der Waals surface area (Å²) in [6, 6.07) is 0. The van der Waals surface area contributed by atoms with Crippen molar-refractivity contribution >= 4 is 16.0 Å². The fraction of sp³-hybridized carbons (Fsp3) is 0.636. The van der Waals surface area contributed by atoms with Crippen molar-refractivity contribution in [3.8, 4) is 0 Å². The second kappa shape index (κ2) is 6.33. The van der Waals surface area contributed by atoms with E-state index in [1.807, 2.05) is 0 Å². The predicted octanol–water partition coefficient (Wildman–Crippen LogP) is -0.185. The number of hydrogen-bond donors (Lipinski definition) is 2. The van der Waals surface area contributed by atoms with Crippen LogP contribution in [0, 0.1) is 0 Å². The van der Waals surface area contributed by atoms with Crippen molar-refractivity contribution in [1.29, 1.82) is 0 Å². The van der Waals surface area contributed by atoms with Gasteiger partial charge < -0.3 is 9.84 Å². The molecule has 1 aromatic rings. The Labute approximate surface area is 116 Å². The number of nitrogens with zero attached hydrogens (tertiary/aromatic N) is 2. The molecule has 0 saturated carbocycles. The van der Waals surface area contributed by atoms with Crippen LogP contribution in [0.5, 0.6) is 0 Å². The van der Waals surface area contributed by atoms with Crippen molar-refractivity contribution in [2.75, 3.05) is 13.2 Å². The molecule has 0 aromatic carbocycles. The van der Waals surface area contributed by atoms with Gasteiger partial charge >= 0.3 is 5.97 Å². The molecule has 0 amide bonds. The molecule has 0 bridgehead atoms. The second-order valence-corrected chi connectivity index (χ2v) is 6.36. The van der Waals surface area contributed by atoms with Crippen LogP contribution in [-0.4, -0.2) is 48.5 Å². The third kappa shape index (κ3) is 4.02. The highest BCUT2D eigenvalue weighted by atomic mass is 32.2. The summed E-state index contributed by atoms with van der Waals surface area (Å²) in [6.07, 6.45) is 5.05. The van der Waals surface area contributed by atoms with Gasteiger partial charge in [0, 0.05) is 19.3 Å². The first kappa shape index (κ1) is 14.9. The zero-order valence-corrected chi connectivity index (χ0v) is 11.7. The lowest BCUT2D eigenvalue weighted by Crippen LogP contribution is -2.27. The quantitative estimate of drug-likeness (QED) is 0.722. The minimum atomic E-state index is -3.65. The largest absolute Gasteiger partial charge is 0.480 e. The molecule has 1 unspecified atom stereocenters. The fourth-order valence-electron chi connectivity index (χ4n) is 2.02. The molecule has 0 spiro atoms. The van der Waals surface area contributed by atoms with Crippen molar-refractivity contribution in [2.24, 2.45) is 0 Å². The number of aliphatic carboxylic acids is 1. The average Bonchev–Trinajstić information content (AvgIpc) is 2.99. The van der Waals surface area contributed by atoms with Gasteiger partial charge in [0.25, 0.3) is 0 Å². The van der Waals surface area contributed by atoms with Crippen LogP contribution >= 0.6 is 0 Å². The Morgan fingerprint density at radius 2 is 2.40 bits per heavy atom. The number of aromatic nitrogens is 2. The van der Waals surface area contributed by atoms with E-state index in [1.165, 1.54) is 6.20 Å². The zero-order chi connectivity index (χ0) is 14.6. The maximum atomic E-state index is 12.0. The van der Waals surface area contributed by atoms with Gasteiger partial charge in [-0.25, -0.2) is 13.1 Å². The number of carbonyl (C=O) groups is 1. The van der Waals surface area contributed by atoms with Crippen molar-refractivity contribution in [3.05, 3.63) is 12.4 Å². The number of carboxylic acids is 1. The first-order valence-corrected chi connectivity index (χ1v) is 7.81. The molecule has 1 aromatic heterocycles. The highest BCUT2D eigenvalue weighted by Gasteiger charge is 2.19. The molecule has 0 aliphatic carbocycles. The minimum absolute atomic E-state index is 0.0360. The van der Waals surface area contributed by atoms with Crippen LogP contribution in [0.25, 0.3) is 0 Å². The molecular formula is C11H17N3O5S. The Morgan fingerprint density at radius 1 is 1.60 bits per heavy atom. The summed E-state index contributed by atoms with van der Waals surface area (Å²) in [6.45, 7) is 0.655. The minimum Gasteiger partial charge on any atom is -0.480 e. The first-order chi connectivity index (χ1) is 9.47. The van der Waals surface area contributed by atoms with E-state index in [0.717, 1.165) is 30.3 Å². The van der Waals surface area contributed by atoms with Crippen molar-refractivity contribution < 1.29 is 23.1 Å². The molecule has 8 nitrogen and oxygen atoms in total. The van der Waals surface area contributed by atoms with Gasteiger partial charge in [0.05, 0.1) is 12.3 Å².